The van der Waals surface area contributed by atoms with Gasteiger partial charge in [0.25, 0.3) is 0 Å². The van der Waals surface area contributed by atoms with Crippen molar-refractivity contribution in [2.45, 2.75) is 12.8 Å². The van der Waals surface area contributed by atoms with Crippen molar-refractivity contribution in [2.75, 3.05) is 32.7 Å². The number of benzene rings is 1. The lowest BCUT2D eigenvalue weighted by atomic mass is 10.1. The highest BCUT2D eigenvalue weighted by molar-refractivity contribution is 5.81. The average molecular weight is 290 g/mol. The Bertz CT molecular complexity index is 482. The van der Waals surface area contributed by atoms with E-state index in [1.54, 1.807) is 0 Å². The smallest absolute Gasteiger partial charge is 0.222 e. The van der Waals surface area contributed by atoms with Gasteiger partial charge in [0.05, 0.1) is 6.54 Å². The molecule has 6 heteroatoms. The third kappa shape index (κ3) is 4.75. The molecule has 1 saturated heterocycles. The summed E-state index contributed by atoms with van der Waals surface area (Å²) < 4.78 is 0. The van der Waals surface area contributed by atoms with Gasteiger partial charge in [-0.25, -0.2) is 0 Å². The van der Waals surface area contributed by atoms with Crippen LogP contribution in [0.3, 0.4) is 0 Å². The molecular formula is C15H22N4O2. The van der Waals surface area contributed by atoms with Gasteiger partial charge in [0.2, 0.25) is 5.91 Å². The molecule has 0 saturated carbocycles. The van der Waals surface area contributed by atoms with E-state index in [0.29, 0.717) is 26.1 Å². The number of aryl methyl sites for hydroxylation is 1. The Morgan fingerprint density at radius 3 is 2.48 bits per heavy atom. The fourth-order valence-electron chi connectivity index (χ4n) is 2.47. The summed E-state index contributed by atoms with van der Waals surface area (Å²) in [5, 5.41) is 11.5. The molecule has 0 bridgehead atoms. The Kier molecular flexibility index (Phi) is 5.57. The number of rotatable bonds is 5. The van der Waals surface area contributed by atoms with Crippen LogP contribution < -0.4 is 5.73 Å². The summed E-state index contributed by atoms with van der Waals surface area (Å²) in [5.41, 5.74) is 6.68. The molecule has 2 rings (SSSR count). The first-order valence-electron chi connectivity index (χ1n) is 7.19. The van der Waals surface area contributed by atoms with Crippen LogP contribution in [0.2, 0.25) is 0 Å². The second kappa shape index (κ2) is 7.64. The fraction of sp³-hybridized carbons (Fsp3) is 0.467. The zero-order chi connectivity index (χ0) is 15.1. The van der Waals surface area contributed by atoms with Crippen LogP contribution in [0.15, 0.2) is 35.5 Å². The second-order valence-electron chi connectivity index (χ2n) is 5.23. The number of amides is 1. The molecule has 0 spiro atoms. The van der Waals surface area contributed by atoms with E-state index in [1.165, 1.54) is 5.56 Å². The van der Waals surface area contributed by atoms with Crippen molar-refractivity contribution in [1.29, 1.82) is 0 Å². The number of nitrogens with two attached hydrogens (primary N) is 1. The van der Waals surface area contributed by atoms with Gasteiger partial charge < -0.3 is 15.8 Å². The van der Waals surface area contributed by atoms with Gasteiger partial charge in [0.15, 0.2) is 5.84 Å². The first-order valence-corrected chi connectivity index (χ1v) is 7.19. The highest BCUT2D eigenvalue weighted by Gasteiger charge is 2.21. The Hall–Kier alpha value is -2.08. The molecule has 1 aromatic rings. The van der Waals surface area contributed by atoms with Crippen LogP contribution >= 0.6 is 0 Å². The van der Waals surface area contributed by atoms with Crippen LogP contribution in [-0.2, 0) is 11.2 Å². The maximum Gasteiger partial charge on any atom is 0.222 e. The zero-order valence-electron chi connectivity index (χ0n) is 12.1. The Labute approximate surface area is 124 Å². The van der Waals surface area contributed by atoms with Gasteiger partial charge in [-0.1, -0.05) is 35.5 Å². The SMILES string of the molecule is NC(CN1CCN(C(=O)CCc2ccccc2)CC1)=NO. The van der Waals surface area contributed by atoms with E-state index < -0.39 is 0 Å². The van der Waals surface area contributed by atoms with Gasteiger partial charge in [-0.15, -0.1) is 0 Å². The van der Waals surface area contributed by atoms with Crippen molar-refractivity contribution < 1.29 is 10.0 Å². The third-order valence-corrected chi connectivity index (χ3v) is 3.71. The second-order valence-corrected chi connectivity index (χ2v) is 5.23. The van der Waals surface area contributed by atoms with Gasteiger partial charge in [0, 0.05) is 32.6 Å². The highest BCUT2D eigenvalue weighted by atomic mass is 16.4. The maximum atomic E-state index is 12.2. The molecule has 0 unspecified atom stereocenters. The van der Waals surface area contributed by atoms with Crippen molar-refractivity contribution in [1.82, 2.24) is 9.80 Å². The van der Waals surface area contributed by atoms with Crippen molar-refractivity contribution in [3.05, 3.63) is 35.9 Å². The Balaban J connectivity index is 1.73. The lowest BCUT2D eigenvalue weighted by Crippen LogP contribution is -2.50. The predicted molar refractivity (Wildman–Crippen MR) is 81.2 cm³/mol. The van der Waals surface area contributed by atoms with E-state index in [4.69, 9.17) is 10.9 Å². The largest absolute Gasteiger partial charge is 0.409 e. The quantitative estimate of drug-likeness (QED) is 0.358. The summed E-state index contributed by atoms with van der Waals surface area (Å²) in [4.78, 5) is 16.1. The monoisotopic (exact) mass is 290 g/mol. The van der Waals surface area contributed by atoms with Crippen LogP contribution in [0.1, 0.15) is 12.0 Å². The zero-order valence-corrected chi connectivity index (χ0v) is 12.1. The van der Waals surface area contributed by atoms with E-state index >= 15 is 0 Å². The lowest BCUT2D eigenvalue weighted by Gasteiger charge is -2.34. The molecule has 0 aromatic heterocycles. The van der Waals surface area contributed by atoms with E-state index in [9.17, 15) is 4.79 Å². The van der Waals surface area contributed by atoms with Gasteiger partial charge in [0.1, 0.15) is 0 Å². The molecule has 1 fully saturated rings. The van der Waals surface area contributed by atoms with E-state index in [0.717, 1.165) is 19.5 Å². The summed E-state index contributed by atoms with van der Waals surface area (Å²) in [6.45, 7) is 3.36. The first kappa shape index (κ1) is 15.3. The van der Waals surface area contributed by atoms with Gasteiger partial charge in [-0.05, 0) is 12.0 Å². The van der Waals surface area contributed by atoms with Crippen LogP contribution in [0.4, 0.5) is 0 Å². The fourth-order valence-corrected chi connectivity index (χ4v) is 2.47. The lowest BCUT2D eigenvalue weighted by molar-refractivity contribution is -0.132. The van der Waals surface area contributed by atoms with Crippen LogP contribution in [-0.4, -0.2) is 59.5 Å². The van der Waals surface area contributed by atoms with Crippen LogP contribution in [0.5, 0.6) is 0 Å². The number of carbonyl (C=O) groups is 1. The summed E-state index contributed by atoms with van der Waals surface area (Å²) in [6.07, 6.45) is 1.33. The molecule has 1 amide bonds. The first-order chi connectivity index (χ1) is 10.2. The Morgan fingerprint density at radius 1 is 1.19 bits per heavy atom. The van der Waals surface area contributed by atoms with Crippen molar-refractivity contribution in [2.24, 2.45) is 10.9 Å². The molecule has 0 atom stereocenters. The maximum absolute atomic E-state index is 12.2. The molecule has 0 radical (unpaired) electrons. The molecule has 21 heavy (non-hydrogen) atoms. The summed E-state index contributed by atoms with van der Waals surface area (Å²) >= 11 is 0. The van der Waals surface area contributed by atoms with Gasteiger partial charge in [-0.3, -0.25) is 9.69 Å². The number of carbonyl (C=O) groups excluding carboxylic acids is 1. The minimum Gasteiger partial charge on any atom is -0.409 e. The topological polar surface area (TPSA) is 82.2 Å². The summed E-state index contributed by atoms with van der Waals surface area (Å²) in [6, 6.07) is 10.0. The van der Waals surface area contributed by atoms with E-state index in [-0.39, 0.29) is 11.7 Å². The molecule has 1 aliphatic rings. The summed E-state index contributed by atoms with van der Waals surface area (Å²) in [7, 11) is 0. The van der Waals surface area contributed by atoms with Crippen molar-refractivity contribution >= 4 is 11.7 Å². The number of amidine groups is 1. The van der Waals surface area contributed by atoms with Gasteiger partial charge >= 0.3 is 0 Å². The average Bonchev–Trinajstić information content (AvgIpc) is 2.54. The molecule has 1 aromatic carbocycles. The molecule has 114 valence electrons. The standard InChI is InChI=1S/C15H22N4O2/c16-14(17-21)12-18-8-10-19(11-9-18)15(20)7-6-13-4-2-1-3-5-13/h1-5,21H,6-12H2,(H2,16,17). The normalized spacial score (nSPS) is 17.0. The van der Waals surface area contributed by atoms with E-state index in [2.05, 4.69) is 10.1 Å². The third-order valence-electron chi connectivity index (χ3n) is 3.71. The van der Waals surface area contributed by atoms with E-state index in [1.807, 2.05) is 35.2 Å². The number of oxime groups is 1. The van der Waals surface area contributed by atoms with Gasteiger partial charge in [-0.2, -0.15) is 0 Å². The molecule has 1 aliphatic heterocycles. The van der Waals surface area contributed by atoms with Crippen LogP contribution in [0, 0.1) is 0 Å². The van der Waals surface area contributed by atoms with Crippen molar-refractivity contribution in [3.63, 3.8) is 0 Å². The minimum absolute atomic E-state index is 0.197. The number of hydrogen-bond donors (Lipinski definition) is 2. The molecular weight excluding hydrogens is 268 g/mol. The number of piperazine rings is 1. The molecule has 3 N–H and O–H groups in total. The predicted octanol–water partition coefficient (Wildman–Crippen LogP) is 0.510. The number of nitrogens with zero attached hydrogens (tertiary/aromatic N) is 3. The number of hydrogen-bond acceptors (Lipinski definition) is 4. The Morgan fingerprint density at radius 2 is 1.86 bits per heavy atom. The van der Waals surface area contributed by atoms with Crippen LogP contribution in [0.25, 0.3) is 0 Å². The summed E-state index contributed by atoms with van der Waals surface area (Å²) in [5.74, 6) is 0.404. The molecule has 0 aliphatic carbocycles. The highest BCUT2D eigenvalue weighted by Crippen LogP contribution is 2.07. The minimum atomic E-state index is 0.197. The molecule has 1 heterocycles. The van der Waals surface area contributed by atoms with Crippen molar-refractivity contribution in [3.8, 4) is 0 Å². The molecule has 6 nitrogen and oxygen atoms in total.